The number of nitrogens with two attached hydrogens (primary N) is 1. The van der Waals surface area contributed by atoms with Gasteiger partial charge in [-0.2, -0.15) is 5.10 Å². The highest BCUT2D eigenvalue weighted by atomic mass is 16.5. The number of benzene rings is 1. The molecule has 6 heteroatoms. The lowest BCUT2D eigenvalue weighted by atomic mass is 10.2. The van der Waals surface area contributed by atoms with Crippen molar-refractivity contribution < 1.29 is 9.94 Å². The number of amidine groups is 1. The Morgan fingerprint density at radius 1 is 1.40 bits per heavy atom. The molecule has 20 heavy (non-hydrogen) atoms. The fourth-order valence-electron chi connectivity index (χ4n) is 1.75. The molecule has 1 heterocycles. The van der Waals surface area contributed by atoms with Crippen LogP contribution in [0.3, 0.4) is 0 Å². The Hall–Kier alpha value is -2.50. The smallest absolute Gasteiger partial charge is 0.173 e. The van der Waals surface area contributed by atoms with Gasteiger partial charge < -0.3 is 15.7 Å². The number of ether oxygens (including phenoxy) is 1. The van der Waals surface area contributed by atoms with Crippen LogP contribution in [0.25, 0.3) is 0 Å². The van der Waals surface area contributed by atoms with Crippen molar-refractivity contribution in [3.8, 4) is 5.75 Å². The molecule has 0 atom stereocenters. The number of hydrogen-bond donors (Lipinski definition) is 2. The van der Waals surface area contributed by atoms with Crippen molar-refractivity contribution in [2.45, 2.75) is 26.5 Å². The molecule has 0 amide bonds. The standard InChI is InChI=1S/C14H18N4O2/c1-10(2)18-8-7-11(16-18)9-20-13-6-4-3-5-12(13)14(15)17-19/h3-8,10,19H,9H2,1-2H3,(H2,15,17). The molecule has 6 nitrogen and oxygen atoms in total. The van der Waals surface area contributed by atoms with E-state index in [0.29, 0.717) is 24.0 Å². The van der Waals surface area contributed by atoms with Crippen molar-refractivity contribution in [2.75, 3.05) is 0 Å². The molecule has 0 aliphatic rings. The van der Waals surface area contributed by atoms with Crippen LogP contribution >= 0.6 is 0 Å². The van der Waals surface area contributed by atoms with Crippen LogP contribution in [-0.4, -0.2) is 20.8 Å². The van der Waals surface area contributed by atoms with E-state index >= 15 is 0 Å². The Balaban J connectivity index is 2.10. The fourth-order valence-corrected chi connectivity index (χ4v) is 1.75. The van der Waals surface area contributed by atoms with Crippen molar-refractivity contribution in [3.05, 3.63) is 47.8 Å². The second-order valence-corrected chi connectivity index (χ2v) is 4.65. The Morgan fingerprint density at radius 2 is 2.15 bits per heavy atom. The molecule has 2 aromatic rings. The van der Waals surface area contributed by atoms with Crippen LogP contribution in [-0.2, 0) is 6.61 Å². The van der Waals surface area contributed by atoms with Gasteiger partial charge in [0.15, 0.2) is 5.84 Å². The molecule has 0 saturated carbocycles. The van der Waals surface area contributed by atoms with Crippen LogP contribution < -0.4 is 10.5 Å². The second-order valence-electron chi connectivity index (χ2n) is 4.65. The minimum Gasteiger partial charge on any atom is -0.486 e. The normalized spacial score (nSPS) is 11.8. The van der Waals surface area contributed by atoms with Gasteiger partial charge in [0, 0.05) is 12.2 Å². The highest BCUT2D eigenvalue weighted by Crippen LogP contribution is 2.19. The summed E-state index contributed by atoms with van der Waals surface area (Å²) in [6, 6.07) is 9.35. The third-order valence-electron chi connectivity index (χ3n) is 2.84. The summed E-state index contributed by atoms with van der Waals surface area (Å²) in [5.74, 6) is 0.579. The molecule has 1 aromatic heterocycles. The molecular formula is C14H18N4O2. The molecule has 106 valence electrons. The van der Waals surface area contributed by atoms with Gasteiger partial charge in [0.1, 0.15) is 12.4 Å². The van der Waals surface area contributed by atoms with E-state index in [2.05, 4.69) is 24.1 Å². The highest BCUT2D eigenvalue weighted by molar-refractivity contribution is 5.99. The Morgan fingerprint density at radius 3 is 2.80 bits per heavy atom. The maximum absolute atomic E-state index is 8.75. The Bertz CT molecular complexity index is 605. The summed E-state index contributed by atoms with van der Waals surface area (Å²) < 4.78 is 7.56. The number of nitrogens with zero attached hydrogens (tertiary/aromatic N) is 3. The summed E-state index contributed by atoms with van der Waals surface area (Å²) in [6.07, 6.45) is 1.92. The van der Waals surface area contributed by atoms with Crippen molar-refractivity contribution in [1.82, 2.24) is 9.78 Å². The van der Waals surface area contributed by atoms with Crippen molar-refractivity contribution >= 4 is 5.84 Å². The minimum absolute atomic E-state index is 0.0216. The van der Waals surface area contributed by atoms with Gasteiger partial charge in [-0.3, -0.25) is 4.68 Å². The summed E-state index contributed by atoms with van der Waals surface area (Å²) in [4.78, 5) is 0. The molecule has 2 rings (SSSR count). The van der Waals surface area contributed by atoms with E-state index in [1.54, 1.807) is 18.2 Å². The quantitative estimate of drug-likeness (QED) is 0.378. The lowest BCUT2D eigenvalue weighted by Gasteiger charge is -2.09. The van der Waals surface area contributed by atoms with Gasteiger partial charge in [0.25, 0.3) is 0 Å². The predicted octanol–water partition coefficient (Wildman–Crippen LogP) is 2.14. The summed E-state index contributed by atoms with van der Waals surface area (Å²) in [5, 5.41) is 16.2. The maximum atomic E-state index is 8.75. The first-order valence-electron chi connectivity index (χ1n) is 6.35. The van der Waals surface area contributed by atoms with E-state index in [9.17, 15) is 0 Å². The van der Waals surface area contributed by atoms with Crippen LogP contribution in [0.1, 0.15) is 31.1 Å². The van der Waals surface area contributed by atoms with Gasteiger partial charge in [-0.15, -0.1) is 0 Å². The summed E-state index contributed by atoms with van der Waals surface area (Å²) in [7, 11) is 0. The largest absolute Gasteiger partial charge is 0.486 e. The molecule has 0 unspecified atom stereocenters. The van der Waals surface area contributed by atoms with E-state index in [1.807, 2.05) is 23.0 Å². The SMILES string of the molecule is CC(C)n1ccc(COc2ccccc2C(N)=NO)n1. The molecular weight excluding hydrogens is 256 g/mol. The zero-order chi connectivity index (χ0) is 14.5. The van der Waals surface area contributed by atoms with E-state index in [0.717, 1.165) is 5.69 Å². The number of para-hydroxylation sites is 1. The average molecular weight is 274 g/mol. The third-order valence-corrected chi connectivity index (χ3v) is 2.84. The Kier molecular flexibility index (Phi) is 4.24. The van der Waals surface area contributed by atoms with E-state index < -0.39 is 0 Å². The third kappa shape index (κ3) is 3.09. The first-order valence-corrected chi connectivity index (χ1v) is 6.35. The molecule has 0 aliphatic carbocycles. The lowest BCUT2D eigenvalue weighted by molar-refractivity contribution is 0.296. The van der Waals surface area contributed by atoms with E-state index in [1.165, 1.54) is 0 Å². The van der Waals surface area contributed by atoms with Crippen LogP contribution in [0.15, 0.2) is 41.7 Å². The second kappa shape index (κ2) is 6.10. The molecule has 0 radical (unpaired) electrons. The zero-order valence-electron chi connectivity index (χ0n) is 11.5. The van der Waals surface area contributed by atoms with Crippen LogP contribution in [0.5, 0.6) is 5.75 Å². The van der Waals surface area contributed by atoms with Gasteiger partial charge in [0.2, 0.25) is 0 Å². The lowest BCUT2D eigenvalue weighted by Crippen LogP contribution is -2.14. The van der Waals surface area contributed by atoms with Crippen LogP contribution in [0, 0.1) is 0 Å². The van der Waals surface area contributed by atoms with Crippen molar-refractivity contribution in [2.24, 2.45) is 10.9 Å². The molecule has 0 fully saturated rings. The van der Waals surface area contributed by atoms with Gasteiger partial charge >= 0.3 is 0 Å². The summed E-state index contributed by atoms with van der Waals surface area (Å²) in [5.41, 5.74) is 6.99. The van der Waals surface area contributed by atoms with Crippen molar-refractivity contribution in [3.63, 3.8) is 0 Å². The number of hydrogen-bond acceptors (Lipinski definition) is 4. The number of oxime groups is 1. The average Bonchev–Trinajstić information content (AvgIpc) is 2.93. The highest BCUT2D eigenvalue weighted by Gasteiger charge is 2.09. The number of rotatable bonds is 5. The molecule has 0 saturated heterocycles. The molecule has 0 spiro atoms. The van der Waals surface area contributed by atoms with E-state index in [-0.39, 0.29) is 5.84 Å². The zero-order valence-corrected chi connectivity index (χ0v) is 11.5. The molecule has 0 bridgehead atoms. The molecule has 3 N–H and O–H groups in total. The van der Waals surface area contributed by atoms with Gasteiger partial charge in [-0.05, 0) is 32.0 Å². The summed E-state index contributed by atoms with van der Waals surface area (Å²) in [6.45, 7) is 4.45. The topological polar surface area (TPSA) is 85.7 Å². The predicted molar refractivity (Wildman–Crippen MR) is 75.9 cm³/mol. The first-order chi connectivity index (χ1) is 9.61. The number of aromatic nitrogens is 2. The van der Waals surface area contributed by atoms with Gasteiger partial charge in [0.05, 0.1) is 11.3 Å². The molecule has 1 aromatic carbocycles. The van der Waals surface area contributed by atoms with Gasteiger partial charge in [-0.1, -0.05) is 17.3 Å². The fraction of sp³-hybridized carbons (Fsp3) is 0.286. The van der Waals surface area contributed by atoms with Crippen molar-refractivity contribution in [1.29, 1.82) is 0 Å². The molecule has 0 aliphatic heterocycles. The maximum Gasteiger partial charge on any atom is 0.173 e. The van der Waals surface area contributed by atoms with Crippen LogP contribution in [0.2, 0.25) is 0 Å². The monoisotopic (exact) mass is 274 g/mol. The summed E-state index contributed by atoms with van der Waals surface area (Å²) >= 11 is 0. The van der Waals surface area contributed by atoms with Gasteiger partial charge in [-0.25, -0.2) is 0 Å². The first kappa shape index (κ1) is 13.9. The van der Waals surface area contributed by atoms with E-state index in [4.69, 9.17) is 15.7 Å². The van der Waals surface area contributed by atoms with Crippen LogP contribution in [0.4, 0.5) is 0 Å². The minimum atomic E-state index is 0.0216. The Labute approximate surface area is 117 Å².